The van der Waals surface area contributed by atoms with Crippen molar-refractivity contribution in [1.82, 2.24) is 10.3 Å². The highest BCUT2D eigenvalue weighted by atomic mass is 32.2. The highest BCUT2D eigenvalue weighted by molar-refractivity contribution is 7.90. The zero-order valence-corrected chi connectivity index (χ0v) is 9.72. The summed E-state index contributed by atoms with van der Waals surface area (Å²) < 4.78 is 47.3. The van der Waals surface area contributed by atoms with Crippen LogP contribution in [0.1, 0.15) is 10.4 Å². The molecule has 0 aliphatic rings. The number of rotatable bonds is 4. The number of amides is 1. The van der Waals surface area contributed by atoms with E-state index < -0.39 is 33.1 Å². The highest BCUT2D eigenvalue weighted by Gasteiger charge is 2.15. The number of nitrogens with one attached hydrogen (secondary N) is 1. The maximum absolute atomic E-state index is 13.1. The molecule has 1 amide bonds. The van der Waals surface area contributed by atoms with Gasteiger partial charge in [-0.15, -0.1) is 0 Å². The van der Waals surface area contributed by atoms with Gasteiger partial charge in [0, 0.05) is 19.0 Å². The van der Waals surface area contributed by atoms with Crippen molar-refractivity contribution in [3.8, 4) is 0 Å². The van der Waals surface area contributed by atoms with E-state index in [1.165, 1.54) is 0 Å². The Morgan fingerprint density at radius 3 is 2.71 bits per heavy atom. The molecule has 1 aromatic heterocycles. The smallest absolute Gasteiger partial charge is 0.254 e. The average Bonchev–Trinajstić information content (AvgIpc) is 2.20. The number of nitrogens with zero attached hydrogens (tertiary/aromatic N) is 1. The van der Waals surface area contributed by atoms with E-state index in [2.05, 4.69) is 10.3 Å². The number of aromatic nitrogens is 1. The van der Waals surface area contributed by atoms with Gasteiger partial charge in [0.2, 0.25) is 5.95 Å². The zero-order valence-electron chi connectivity index (χ0n) is 8.91. The standard InChI is InChI=1S/C9H10F2N2O3S/c1-17(15,16)5-4-13-9(14)6-2-3-12-8(11)7(6)10/h2-3H,4-5H2,1H3,(H,13,14). The van der Waals surface area contributed by atoms with Crippen molar-refractivity contribution in [2.45, 2.75) is 0 Å². The second-order valence-electron chi connectivity index (χ2n) is 3.35. The molecule has 0 atom stereocenters. The minimum atomic E-state index is -3.22. The van der Waals surface area contributed by atoms with Gasteiger partial charge in [-0.05, 0) is 6.07 Å². The Bertz CT molecular complexity index is 531. The van der Waals surface area contributed by atoms with E-state index in [0.717, 1.165) is 18.5 Å². The van der Waals surface area contributed by atoms with Crippen molar-refractivity contribution >= 4 is 15.7 Å². The van der Waals surface area contributed by atoms with Crippen LogP contribution in [0.3, 0.4) is 0 Å². The third kappa shape index (κ3) is 4.06. The molecule has 0 aliphatic heterocycles. The van der Waals surface area contributed by atoms with Crippen LogP contribution in [0, 0.1) is 11.8 Å². The van der Waals surface area contributed by atoms with Gasteiger partial charge in [0.05, 0.1) is 11.3 Å². The summed E-state index contributed by atoms with van der Waals surface area (Å²) in [5.74, 6) is -3.88. The van der Waals surface area contributed by atoms with Crippen LogP contribution in [-0.2, 0) is 9.84 Å². The summed E-state index contributed by atoms with van der Waals surface area (Å²) in [6.07, 6.45) is 1.95. The van der Waals surface area contributed by atoms with Gasteiger partial charge < -0.3 is 5.32 Å². The average molecular weight is 264 g/mol. The summed E-state index contributed by atoms with van der Waals surface area (Å²) in [7, 11) is -3.22. The van der Waals surface area contributed by atoms with Gasteiger partial charge in [-0.2, -0.15) is 4.39 Å². The lowest BCUT2D eigenvalue weighted by atomic mass is 10.2. The van der Waals surface area contributed by atoms with Crippen molar-refractivity contribution in [3.05, 3.63) is 29.6 Å². The van der Waals surface area contributed by atoms with Crippen LogP contribution < -0.4 is 5.32 Å². The van der Waals surface area contributed by atoms with E-state index in [1.54, 1.807) is 0 Å². The van der Waals surface area contributed by atoms with Crippen LogP contribution in [0.4, 0.5) is 8.78 Å². The van der Waals surface area contributed by atoms with Crippen molar-refractivity contribution in [3.63, 3.8) is 0 Å². The Labute approximate surface area is 96.8 Å². The summed E-state index contributed by atoms with van der Waals surface area (Å²) in [4.78, 5) is 14.4. The molecule has 1 aromatic rings. The van der Waals surface area contributed by atoms with E-state index in [-0.39, 0.29) is 12.3 Å². The van der Waals surface area contributed by atoms with Gasteiger partial charge in [-0.3, -0.25) is 4.79 Å². The molecule has 8 heteroatoms. The summed E-state index contributed by atoms with van der Waals surface area (Å²) in [6.45, 7) is -0.166. The van der Waals surface area contributed by atoms with Gasteiger partial charge >= 0.3 is 0 Å². The number of carbonyl (C=O) groups excluding carboxylic acids is 1. The number of halogens is 2. The summed E-state index contributed by atoms with van der Waals surface area (Å²) in [6, 6.07) is 1.01. The van der Waals surface area contributed by atoms with Gasteiger partial charge in [-0.25, -0.2) is 17.8 Å². The normalized spacial score (nSPS) is 11.2. The minimum Gasteiger partial charge on any atom is -0.351 e. The molecular formula is C9H10F2N2O3S. The maximum atomic E-state index is 13.1. The fraction of sp³-hybridized carbons (Fsp3) is 0.333. The monoisotopic (exact) mass is 264 g/mol. The van der Waals surface area contributed by atoms with Crippen molar-refractivity contribution in [2.75, 3.05) is 18.6 Å². The van der Waals surface area contributed by atoms with Crippen LogP contribution in [-0.4, -0.2) is 37.9 Å². The molecule has 0 saturated heterocycles. The predicted octanol–water partition coefficient (Wildman–Crippen LogP) is 0.134. The topological polar surface area (TPSA) is 76.1 Å². The van der Waals surface area contributed by atoms with Crippen LogP contribution in [0.2, 0.25) is 0 Å². The van der Waals surface area contributed by atoms with Crippen LogP contribution >= 0.6 is 0 Å². The molecule has 0 saturated carbocycles. The Balaban J connectivity index is 2.68. The first-order chi connectivity index (χ1) is 7.81. The zero-order chi connectivity index (χ0) is 13.1. The summed E-state index contributed by atoms with van der Waals surface area (Å²) in [5.41, 5.74) is -0.508. The van der Waals surface area contributed by atoms with E-state index >= 15 is 0 Å². The maximum Gasteiger partial charge on any atom is 0.254 e. The lowest BCUT2D eigenvalue weighted by Crippen LogP contribution is -2.29. The lowest BCUT2D eigenvalue weighted by Gasteiger charge is -2.05. The molecule has 0 spiro atoms. The molecule has 94 valence electrons. The number of carbonyl (C=O) groups is 1. The Morgan fingerprint density at radius 2 is 2.12 bits per heavy atom. The highest BCUT2D eigenvalue weighted by Crippen LogP contribution is 2.08. The van der Waals surface area contributed by atoms with E-state index in [4.69, 9.17) is 0 Å². The molecule has 0 aromatic carbocycles. The molecule has 0 unspecified atom stereocenters. The van der Waals surface area contributed by atoms with Gasteiger partial charge in [-0.1, -0.05) is 0 Å². The molecule has 1 heterocycles. The summed E-state index contributed by atoms with van der Waals surface area (Å²) >= 11 is 0. The molecule has 0 fully saturated rings. The molecule has 17 heavy (non-hydrogen) atoms. The second-order valence-corrected chi connectivity index (χ2v) is 5.61. The molecule has 1 N–H and O–H groups in total. The number of sulfone groups is 1. The quantitative estimate of drug-likeness (QED) is 0.784. The fourth-order valence-electron chi connectivity index (χ4n) is 1.04. The second kappa shape index (κ2) is 5.17. The largest absolute Gasteiger partial charge is 0.351 e. The SMILES string of the molecule is CS(=O)(=O)CCNC(=O)c1ccnc(F)c1F. The fourth-order valence-corrected chi connectivity index (χ4v) is 1.51. The first kappa shape index (κ1) is 13.5. The van der Waals surface area contributed by atoms with Gasteiger partial charge in [0.25, 0.3) is 5.91 Å². The van der Waals surface area contributed by atoms with E-state index in [0.29, 0.717) is 0 Å². The first-order valence-electron chi connectivity index (χ1n) is 4.57. The van der Waals surface area contributed by atoms with Crippen molar-refractivity contribution in [2.24, 2.45) is 0 Å². The Kier molecular flexibility index (Phi) is 4.11. The number of hydrogen-bond donors (Lipinski definition) is 1. The van der Waals surface area contributed by atoms with E-state index in [1.807, 2.05) is 0 Å². The summed E-state index contributed by atoms with van der Waals surface area (Å²) in [5, 5.41) is 2.17. The van der Waals surface area contributed by atoms with Crippen LogP contribution in [0.5, 0.6) is 0 Å². The lowest BCUT2D eigenvalue weighted by molar-refractivity contribution is 0.0950. The van der Waals surface area contributed by atoms with Crippen molar-refractivity contribution < 1.29 is 22.0 Å². The molecule has 1 rings (SSSR count). The molecule has 0 bridgehead atoms. The molecular weight excluding hydrogens is 254 g/mol. The minimum absolute atomic E-state index is 0.166. The molecule has 5 nitrogen and oxygen atoms in total. The number of hydrogen-bond acceptors (Lipinski definition) is 4. The van der Waals surface area contributed by atoms with E-state index in [9.17, 15) is 22.0 Å². The Hall–Kier alpha value is -1.57. The Morgan fingerprint density at radius 1 is 1.47 bits per heavy atom. The van der Waals surface area contributed by atoms with Crippen molar-refractivity contribution in [1.29, 1.82) is 0 Å². The van der Waals surface area contributed by atoms with Gasteiger partial charge in [0.15, 0.2) is 5.82 Å². The van der Waals surface area contributed by atoms with Gasteiger partial charge in [0.1, 0.15) is 9.84 Å². The molecule has 0 radical (unpaired) electrons. The number of pyridine rings is 1. The molecule has 0 aliphatic carbocycles. The predicted molar refractivity (Wildman–Crippen MR) is 56.2 cm³/mol. The van der Waals surface area contributed by atoms with Crippen LogP contribution in [0.15, 0.2) is 12.3 Å². The third-order valence-corrected chi connectivity index (χ3v) is 2.80. The van der Waals surface area contributed by atoms with Crippen LogP contribution in [0.25, 0.3) is 0 Å². The first-order valence-corrected chi connectivity index (χ1v) is 6.63. The third-order valence-electron chi connectivity index (χ3n) is 1.85.